The normalized spacial score (nSPS) is 11.3. The summed E-state index contributed by atoms with van der Waals surface area (Å²) in [7, 11) is 0. The molecule has 0 aliphatic rings. The molecule has 1 N–H and O–H groups in total. The Labute approximate surface area is 156 Å². The summed E-state index contributed by atoms with van der Waals surface area (Å²) < 4.78 is 46.0. The van der Waals surface area contributed by atoms with Crippen molar-refractivity contribution in [3.63, 3.8) is 0 Å². The average Bonchev–Trinajstić information content (AvgIpc) is 3.22. The van der Waals surface area contributed by atoms with Crippen molar-refractivity contribution in [3.8, 4) is 12.0 Å². The molecule has 138 valence electrons. The van der Waals surface area contributed by atoms with Crippen molar-refractivity contribution >= 4 is 23.2 Å². The van der Waals surface area contributed by atoms with Gasteiger partial charge in [-0.25, -0.2) is 0 Å². The Balaban J connectivity index is 1.98. The number of alkyl halides is 3. The van der Waals surface area contributed by atoms with E-state index in [0.29, 0.717) is 0 Å². The molecule has 0 radical (unpaired) electrons. The number of nitriles is 1. The number of aryl methyl sites for hydroxylation is 1. The predicted octanol–water partition coefficient (Wildman–Crippen LogP) is 5.17. The summed E-state index contributed by atoms with van der Waals surface area (Å²) in [5.41, 5.74) is -1.25. The van der Waals surface area contributed by atoms with Gasteiger partial charge in [-0.15, -0.1) is 0 Å². The van der Waals surface area contributed by atoms with E-state index in [1.807, 2.05) is 6.07 Å². The number of amides is 1. The van der Waals surface area contributed by atoms with Gasteiger partial charge in [-0.3, -0.25) is 9.36 Å². The molecule has 0 unspecified atom stereocenters. The Hall–Kier alpha value is -3.18. The van der Waals surface area contributed by atoms with Crippen molar-refractivity contribution < 1.29 is 22.4 Å². The molecule has 0 bridgehead atoms. The number of carbonyl (C=O) groups is 1. The second kappa shape index (κ2) is 6.85. The van der Waals surface area contributed by atoms with Crippen LogP contribution in [0.2, 0.25) is 5.02 Å². The summed E-state index contributed by atoms with van der Waals surface area (Å²) in [6.07, 6.45) is -1.39. The van der Waals surface area contributed by atoms with Gasteiger partial charge < -0.3 is 9.73 Å². The number of hydrogen-bond acceptors (Lipinski definition) is 3. The van der Waals surface area contributed by atoms with Gasteiger partial charge >= 0.3 is 6.18 Å². The first-order valence-corrected chi connectivity index (χ1v) is 7.95. The zero-order chi connectivity index (χ0) is 19.8. The standard InChI is InChI=1S/C18H11ClF3N3O2/c1-10-15(12(9-23)17(27-10)25-6-2-3-7-25)16(26)24-11-4-5-14(19)13(8-11)18(20,21)22/h2-8H,1H3,(H,24,26). The zero-order valence-electron chi connectivity index (χ0n) is 13.8. The molecule has 0 saturated carbocycles. The maximum atomic E-state index is 13.0. The van der Waals surface area contributed by atoms with E-state index in [1.54, 1.807) is 24.5 Å². The lowest BCUT2D eigenvalue weighted by Crippen LogP contribution is -2.15. The molecular weight excluding hydrogens is 383 g/mol. The molecule has 5 nitrogen and oxygen atoms in total. The van der Waals surface area contributed by atoms with Crippen LogP contribution in [0.1, 0.15) is 27.2 Å². The lowest BCUT2D eigenvalue weighted by atomic mass is 10.1. The minimum atomic E-state index is -4.66. The maximum absolute atomic E-state index is 13.0. The summed E-state index contributed by atoms with van der Waals surface area (Å²) in [5, 5.41) is 11.3. The van der Waals surface area contributed by atoms with E-state index in [4.69, 9.17) is 16.0 Å². The van der Waals surface area contributed by atoms with Gasteiger partial charge in [0.15, 0.2) is 0 Å². The summed E-state index contributed by atoms with van der Waals surface area (Å²) >= 11 is 5.57. The minimum absolute atomic E-state index is 0.0220. The Bertz CT molecular complexity index is 1050. The number of rotatable bonds is 3. The molecule has 2 aromatic heterocycles. The first kappa shape index (κ1) is 18.6. The fourth-order valence-corrected chi connectivity index (χ4v) is 2.80. The Morgan fingerprint density at radius 3 is 2.56 bits per heavy atom. The maximum Gasteiger partial charge on any atom is 0.417 e. The third kappa shape index (κ3) is 3.55. The number of nitrogens with zero attached hydrogens (tertiary/aromatic N) is 2. The Morgan fingerprint density at radius 1 is 1.30 bits per heavy atom. The molecule has 27 heavy (non-hydrogen) atoms. The van der Waals surface area contributed by atoms with Crippen molar-refractivity contribution in [2.45, 2.75) is 13.1 Å². The highest BCUT2D eigenvalue weighted by Gasteiger charge is 2.33. The largest absolute Gasteiger partial charge is 0.443 e. The van der Waals surface area contributed by atoms with E-state index in [1.165, 1.54) is 17.6 Å². The smallest absolute Gasteiger partial charge is 0.417 e. The topological polar surface area (TPSA) is 71.0 Å². The number of halogens is 4. The first-order chi connectivity index (χ1) is 12.7. The molecule has 1 amide bonds. The second-order valence-electron chi connectivity index (χ2n) is 5.56. The van der Waals surface area contributed by atoms with Crippen molar-refractivity contribution in [1.82, 2.24) is 4.57 Å². The van der Waals surface area contributed by atoms with Gasteiger partial charge in [0.25, 0.3) is 5.91 Å². The molecule has 1 aromatic carbocycles. The molecule has 0 fully saturated rings. The number of aromatic nitrogens is 1. The van der Waals surface area contributed by atoms with Gasteiger partial charge in [-0.2, -0.15) is 18.4 Å². The van der Waals surface area contributed by atoms with Gasteiger partial charge in [0.1, 0.15) is 23.0 Å². The van der Waals surface area contributed by atoms with E-state index < -0.39 is 22.7 Å². The summed E-state index contributed by atoms with van der Waals surface area (Å²) in [6, 6.07) is 8.35. The summed E-state index contributed by atoms with van der Waals surface area (Å²) in [5.74, 6) is -0.448. The highest BCUT2D eigenvalue weighted by Crippen LogP contribution is 2.36. The highest BCUT2D eigenvalue weighted by molar-refractivity contribution is 6.31. The average molecular weight is 394 g/mol. The van der Waals surface area contributed by atoms with Gasteiger partial charge in [-0.05, 0) is 37.3 Å². The molecule has 0 aliphatic heterocycles. The number of anilines is 1. The monoisotopic (exact) mass is 393 g/mol. The second-order valence-corrected chi connectivity index (χ2v) is 5.97. The van der Waals surface area contributed by atoms with E-state index in [2.05, 4.69) is 5.32 Å². The third-order valence-corrected chi connectivity index (χ3v) is 4.10. The lowest BCUT2D eigenvalue weighted by Gasteiger charge is -2.11. The van der Waals surface area contributed by atoms with Crippen molar-refractivity contribution in [1.29, 1.82) is 5.26 Å². The molecule has 3 rings (SSSR count). The van der Waals surface area contributed by atoms with E-state index in [0.717, 1.165) is 12.1 Å². The molecule has 3 aromatic rings. The van der Waals surface area contributed by atoms with E-state index in [-0.39, 0.29) is 28.5 Å². The van der Waals surface area contributed by atoms with Crippen LogP contribution in [-0.2, 0) is 6.18 Å². The molecule has 9 heteroatoms. The first-order valence-electron chi connectivity index (χ1n) is 7.57. The number of nitrogens with one attached hydrogen (secondary N) is 1. The van der Waals surface area contributed by atoms with Gasteiger partial charge in [0, 0.05) is 18.1 Å². The summed E-state index contributed by atoms with van der Waals surface area (Å²) in [6.45, 7) is 1.49. The van der Waals surface area contributed by atoms with Crippen molar-refractivity contribution in [3.05, 3.63) is 70.2 Å². The molecule has 2 heterocycles. The van der Waals surface area contributed by atoms with Gasteiger partial charge in [-0.1, -0.05) is 11.6 Å². The van der Waals surface area contributed by atoms with Crippen LogP contribution in [0, 0.1) is 18.3 Å². The van der Waals surface area contributed by atoms with Crippen LogP contribution in [0.25, 0.3) is 5.88 Å². The lowest BCUT2D eigenvalue weighted by molar-refractivity contribution is -0.137. The molecule has 0 aliphatic carbocycles. The van der Waals surface area contributed by atoms with Gasteiger partial charge in [0.2, 0.25) is 5.88 Å². The van der Waals surface area contributed by atoms with Crippen LogP contribution in [-0.4, -0.2) is 10.5 Å². The van der Waals surface area contributed by atoms with Crippen LogP contribution in [0.4, 0.5) is 18.9 Å². The van der Waals surface area contributed by atoms with Crippen molar-refractivity contribution in [2.24, 2.45) is 0 Å². The summed E-state index contributed by atoms with van der Waals surface area (Å²) in [4.78, 5) is 12.6. The van der Waals surface area contributed by atoms with E-state index in [9.17, 15) is 23.2 Å². The highest BCUT2D eigenvalue weighted by atomic mass is 35.5. The molecule has 0 saturated heterocycles. The van der Waals surface area contributed by atoms with Crippen LogP contribution in [0.15, 0.2) is 47.1 Å². The Kier molecular flexibility index (Phi) is 4.72. The van der Waals surface area contributed by atoms with Crippen LogP contribution >= 0.6 is 11.6 Å². The predicted molar refractivity (Wildman–Crippen MR) is 91.9 cm³/mol. The number of carbonyl (C=O) groups excluding carboxylic acids is 1. The Morgan fingerprint density at radius 2 is 1.96 bits per heavy atom. The third-order valence-electron chi connectivity index (χ3n) is 3.77. The van der Waals surface area contributed by atoms with Crippen LogP contribution < -0.4 is 5.32 Å². The van der Waals surface area contributed by atoms with Crippen molar-refractivity contribution in [2.75, 3.05) is 5.32 Å². The van der Waals surface area contributed by atoms with Crippen LogP contribution in [0.5, 0.6) is 0 Å². The molecular formula is C18H11ClF3N3O2. The quantitative estimate of drug-likeness (QED) is 0.666. The number of benzene rings is 1. The fourth-order valence-electron chi connectivity index (χ4n) is 2.57. The molecule has 0 spiro atoms. The molecule has 0 atom stereocenters. The van der Waals surface area contributed by atoms with Gasteiger partial charge in [0.05, 0.1) is 10.6 Å². The minimum Gasteiger partial charge on any atom is -0.443 e. The zero-order valence-corrected chi connectivity index (χ0v) is 14.5. The van der Waals surface area contributed by atoms with Crippen LogP contribution in [0.3, 0.4) is 0 Å². The fraction of sp³-hybridized carbons (Fsp3) is 0.111. The number of hydrogen-bond donors (Lipinski definition) is 1. The SMILES string of the molecule is Cc1oc(-n2cccc2)c(C#N)c1C(=O)Nc1ccc(Cl)c(C(F)(F)F)c1. The van der Waals surface area contributed by atoms with E-state index >= 15 is 0 Å². The number of furan rings is 1.